The van der Waals surface area contributed by atoms with E-state index in [0.29, 0.717) is 0 Å². The molecule has 0 bridgehead atoms. The average Bonchev–Trinajstić information content (AvgIpc) is 1.66. The van der Waals surface area contributed by atoms with Crippen LogP contribution in [0.4, 0.5) is 0 Å². The molecule has 0 radical (unpaired) electrons. The summed E-state index contributed by atoms with van der Waals surface area (Å²) in [6, 6.07) is 2.29. The SMILES string of the molecule is ClC[SiH2]CC[SiH](Cl)Cl. The maximum absolute atomic E-state index is 5.60. The van der Waals surface area contributed by atoms with E-state index in [2.05, 4.69) is 0 Å². The molecule has 0 amide bonds. The lowest BCUT2D eigenvalue weighted by Crippen LogP contribution is -1.96. The van der Waals surface area contributed by atoms with E-state index in [-0.39, 0.29) is 9.52 Å². The van der Waals surface area contributed by atoms with Gasteiger partial charge in [-0.25, -0.2) is 0 Å². The van der Waals surface area contributed by atoms with Crippen LogP contribution >= 0.6 is 33.8 Å². The average molecular weight is 208 g/mol. The molecule has 0 saturated heterocycles. The molecule has 0 atom stereocenters. The molecule has 0 aliphatic heterocycles. The molecule has 8 heavy (non-hydrogen) atoms. The third-order valence-electron chi connectivity index (χ3n) is 0.806. The van der Waals surface area contributed by atoms with Gasteiger partial charge >= 0.3 is 0 Å². The molecule has 0 saturated carbocycles. The van der Waals surface area contributed by atoms with Gasteiger partial charge in [0.25, 0.3) is 0 Å². The Morgan fingerprint density at radius 2 is 2.00 bits per heavy atom. The Labute approximate surface area is 68.3 Å². The Hall–Kier alpha value is 1.30. The molecule has 0 aliphatic carbocycles. The molecule has 0 N–H and O–H groups in total. The number of hydrogen-bond acceptors (Lipinski definition) is 0. The van der Waals surface area contributed by atoms with Gasteiger partial charge in [-0.15, -0.1) is 11.6 Å². The second-order valence-corrected chi connectivity index (χ2v) is 9.69. The molecule has 0 spiro atoms. The number of hydrogen-bond donors (Lipinski definition) is 0. The fraction of sp³-hybridized carbons (Fsp3) is 1.00. The molecule has 0 aromatic heterocycles. The highest BCUT2D eigenvalue weighted by atomic mass is 35.7. The molecule has 0 heterocycles. The summed E-state index contributed by atoms with van der Waals surface area (Å²) in [6.07, 6.45) is 0. The molecule has 0 aliphatic rings. The highest BCUT2D eigenvalue weighted by Crippen LogP contribution is 2.05. The van der Waals surface area contributed by atoms with E-state index >= 15 is 0 Å². The smallest absolute Gasteiger partial charge is 0.150 e. The van der Waals surface area contributed by atoms with Crippen LogP contribution < -0.4 is 0 Å². The second kappa shape index (κ2) is 6.42. The van der Waals surface area contributed by atoms with Gasteiger partial charge in [-0.2, -0.15) is 22.2 Å². The van der Waals surface area contributed by atoms with E-state index in [1.165, 1.54) is 6.04 Å². The summed E-state index contributed by atoms with van der Waals surface area (Å²) in [5, 5.41) is 0. The molecule has 0 nitrogen and oxygen atoms in total. The summed E-state index contributed by atoms with van der Waals surface area (Å²) in [4.78, 5) is 0. The minimum absolute atomic E-state index is 0.0102. The Balaban J connectivity index is 2.72. The first-order chi connectivity index (χ1) is 3.77. The van der Waals surface area contributed by atoms with E-state index < -0.39 is 7.42 Å². The Kier molecular flexibility index (Phi) is 7.47. The minimum Gasteiger partial charge on any atom is -0.150 e. The van der Waals surface area contributed by atoms with Gasteiger partial charge < -0.3 is 0 Å². The second-order valence-electron chi connectivity index (χ2n) is 1.58. The molecule has 0 rings (SSSR count). The predicted molar refractivity (Wildman–Crippen MR) is 47.7 cm³/mol. The van der Waals surface area contributed by atoms with Crippen LogP contribution in [-0.2, 0) is 0 Å². The molecule has 50 valence electrons. The highest BCUT2D eigenvalue weighted by Gasteiger charge is 1.99. The first kappa shape index (κ1) is 9.30. The van der Waals surface area contributed by atoms with Crippen LogP contribution in [0.1, 0.15) is 0 Å². The van der Waals surface area contributed by atoms with Crippen LogP contribution in [0.3, 0.4) is 0 Å². The molecule has 0 aromatic rings. The van der Waals surface area contributed by atoms with Crippen molar-refractivity contribution in [3.63, 3.8) is 0 Å². The third-order valence-corrected chi connectivity index (χ3v) is 5.75. The van der Waals surface area contributed by atoms with E-state index in [1.54, 1.807) is 0 Å². The summed E-state index contributed by atoms with van der Waals surface area (Å²) in [5.74, 6) is 0. The quantitative estimate of drug-likeness (QED) is 0.284. The topological polar surface area (TPSA) is 0 Å². The monoisotopic (exact) mass is 206 g/mol. The van der Waals surface area contributed by atoms with Crippen molar-refractivity contribution in [2.24, 2.45) is 0 Å². The lowest BCUT2D eigenvalue weighted by Gasteiger charge is -1.93. The normalized spacial score (nSPS) is 12.0. The third kappa shape index (κ3) is 7.30. The van der Waals surface area contributed by atoms with Gasteiger partial charge in [0.15, 0.2) is 0 Å². The predicted octanol–water partition coefficient (Wildman–Crippen LogP) is 1.47. The Morgan fingerprint density at radius 3 is 2.38 bits per heavy atom. The van der Waals surface area contributed by atoms with Gasteiger partial charge in [0.1, 0.15) is 0 Å². The van der Waals surface area contributed by atoms with Gasteiger partial charge in [0, 0.05) is 15.0 Å². The molecular weight excluding hydrogens is 199 g/mol. The summed E-state index contributed by atoms with van der Waals surface area (Å²) < 4.78 is 0. The van der Waals surface area contributed by atoms with Crippen LogP contribution in [-0.4, -0.2) is 22.4 Å². The zero-order chi connectivity index (χ0) is 6.41. The zero-order valence-electron chi connectivity index (χ0n) is 4.54. The maximum atomic E-state index is 5.60. The summed E-state index contributed by atoms with van der Waals surface area (Å²) in [7, 11) is -1.27. The lowest BCUT2D eigenvalue weighted by molar-refractivity contribution is 1.42. The van der Waals surface area contributed by atoms with Crippen molar-refractivity contribution in [2.75, 3.05) is 5.50 Å². The summed E-state index contributed by atoms with van der Waals surface area (Å²) in [6.45, 7) is 0. The van der Waals surface area contributed by atoms with E-state index in [0.717, 1.165) is 11.5 Å². The Morgan fingerprint density at radius 1 is 1.38 bits per heavy atom. The number of halogens is 3. The van der Waals surface area contributed by atoms with Crippen LogP contribution in [0.2, 0.25) is 12.1 Å². The van der Waals surface area contributed by atoms with E-state index in [9.17, 15) is 0 Å². The van der Waals surface area contributed by atoms with Gasteiger partial charge in [0.05, 0.1) is 0 Å². The summed E-state index contributed by atoms with van der Waals surface area (Å²) in [5.41, 5.74) is 0.870. The standard InChI is InChI=1S/C3H9Cl3Si2/c4-3-7-1-2-8(5)6/h8H,1-3,7H2. The number of rotatable bonds is 4. The van der Waals surface area contributed by atoms with Crippen molar-refractivity contribution >= 4 is 50.7 Å². The van der Waals surface area contributed by atoms with Gasteiger partial charge in [-0.3, -0.25) is 0 Å². The summed E-state index contributed by atoms with van der Waals surface area (Å²) >= 11 is 16.7. The Bertz CT molecular complexity index is 49.8. The number of alkyl halides is 1. The zero-order valence-corrected chi connectivity index (χ0v) is 9.38. The van der Waals surface area contributed by atoms with Crippen LogP contribution in [0.15, 0.2) is 0 Å². The van der Waals surface area contributed by atoms with Crippen molar-refractivity contribution in [3.8, 4) is 0 Å². The van der Waals surface area contributed by atoms with Gasteiger partial charge in [-0.05, 0) is 6.04 Å². The van der Waals surface area contributed by atoms with Crippen molar-refractivity contribution in [3.05, 3.63) is 0 Å². The first-order valence-electron chi connectivity index (χ1n) is 2.61. The molecule has 0 aromatic carbocycles. The minimum atomic E-state index is -1.28. The van der Waals surface area contributed by atoms with Crippen molar-refractivity contribution < 1.29 is 0 Å². The largest absolute Gasteiger partial charge is 0.236 e. The van der Waals surface area contributed by atoms with E-state index in [1.807, 2.05) is 0 Å². The maximum Gasteiger partial charge on any atom is 0.236 e. The van der Waals surface area contributed by atoms with Crippen LogP contribution in [0.25, 0.3) is 0 Å². The first-order valence-corrected chi connectivity index (χ1v) is 9.45. The molecular formula is C3H9Cl3Si2. The van der Waals surface area contributed by atoms with Crippen molar-refractivity contribution in [2.45, 2.75) is 12.1 Å². The van der Waals surface area contributed by atoms with Crippen molar-refractivity contribution in [1.29, 1.82) is 0 Å². The van der Waals surface area contributed by atoms with Gasteiger partial charge in [0.2, 0.25) is 7.42 Å². The lowest BCUT2D eigenvalue weighted by atomic mass is 11.0. The highest BCUT2D eigenvalue weighted by molar-refractivity contribution is 7.33. The van der Waals surface area contributed by atoms with Crippen molar-refractivity contribution in [1.82, 2.24) is 0 Å². The fourth-order valence-electron chi connectivity index (χ4n) is 0.393. The van der Waals surface area contributed by atoms with Crippen LogP contribution in [0.5, 0.6) is 0 Å². The van der Waals surface area contributed by atoms with E-state index in [4.69, 9.17) is 33.8 Å². The molecule has 0 fully saturated rings. The fourth-order valence-corrected chi connectivity index (χ4v) is 6.32. The van der Waals surface area contributed by atoms with Gasteiger partial charge in [-0.1, -0.05) is 6.04 Å². The van der Waals surface area contributed by atoms with Crippen LogP contribution in [0, 0.1) is 0 Å². The molecule has 0 unspecified atom stereocenters. The molecule has 5 heteroatoms.